The van der Waals surface area contributed by atoms with E-state index in [0.717, 1.165) is 6.42 Å². The van der Waals surface area contributed by atoms with Crippen molar-refractivity contribution in [1.29, 1.82) is 0 Å². The summed E-state index contributed by atoms with van der Waals surface area (Å²) in [6.07, 6.45) is 1.49. The normalized spacial score (nSPS) is 11.1. The van der Waals surface area contributed by atoms with E-state index in [1.807, 2.05) is 0 Å². The lowest BCUT2D eigenvalue weighted by molar-refractivity contribution is 0.280. The zero-order chi connectivity index (χ0) is 11.5. The van der Waals surface area contributed by atoms with Gasteiger partial charge in [0.1, 0.15) is 0 Å². The molecule has 7 nitrogen and oxygen atoms in total. The zero-order valence-corrected chi connectivity index (χ0v) is 9.22. The topological polar surface area (TPSA) is 103 Å². The van der Waals surface area contributed by atoms with Crippen molar-refractivity contribution in [1.82, 2.24) is 25.0 Å². The second kappa shape index (κ2) is 4.58. The van der Waals surface area contributed by atoms with E-state index < -0.39 is 0 Å². The van der Waals surface area contributed by atoms with Crippen LogP contribution >= 0.6 is 11.6 Å². The Labute approximate surface area is 96.2 Å². The zero-order valence-electron chi connectivity index (χ0n) is 8.47. The molecule has 2 aromatic heterocycles. The van der Waals surface area contributed by atoms with Crippen LogP contribution in [0.4, 0.5) is 5.95 Å². The number of aliphatic hydroxyl groups excluding tert-OH is 1. The molecule has 0 saturated heterocycles. The lowest BCUT2D eigenvalue weighted by Crippen LogP contribution is -2.04. The van der Waals surface area contributed by atoms with Gasteiger partial charge in [-0.15, -0.1) is 5.10 Å². The van der Waals surface area contributed by atoms with E-state index in [0.29, 0.717) is 24.1 Å². The first-order valence-electron chi connectivity index (χ1n) is 4.85. The summed E-state index contributed by atoms with van der Waals surface area (Å²) >= 11 is 5.85. The van der Waals surface area contributed by atoms with E-state index in [2.05, 4.69) is 20.3 Å². The van der Waals surface area contributed by atoms with Crippen molar-refractivity contribution in [3.63, 3.8) is 0 Å². The molecule has 16 heavy (non-hydrogen) atoms. The van der Waals surface area contributed by atoms with Crippen LogP contribution in [0.1, 0.15) is 12.8 Å². The van der Waals surface area contributed by atoms with Gasteiger partial charge in [0.2, 0.25) is 5.95 Å². The predicted octanol–water partition coefficient (Wildman–Crippen LogP) is 0.229. The fraction of sp³-hybridized carbons (Fsp3) is 0.500. The summed E-state index contributed by atoms with van der Waals surface area (Å²) in [4.78, 5) is 7.82. The quantitative estimate of drug-likeness (QED) is 0.588. The highest BCUT2D eigenvalue weighted by molar-refractivity contribution is 6.33. The van der Waals surface area contributed by atoms with Crippen LogP contribution in [0.15, 0.2) is 0 Å². The minimum Gasteiger partial charge on any atom is -0.396 e. The van der Waals surface area contributed by atoms with Crippen molar-refractivity contribution in [2.24, 2.45) is 0 Å². The molecule has 0 saturated carbocycles. The van der Waals surface area contributed by atoms with E-state index in [-0.39, 0.29) is 17.7 Å². The summed E-state index contributed by atoms with van der Waals surface area (Å²) in [5.41, 5.74) is 6.46. The Morgan fingerprint density at radius 1 is 1.31 bits per heavy atom. The molecule has 0 bridgehead atoms. The van der Waals surface area contributed by atoms with Crippen LogP contribution in [0, 0.1) is 0 Å². The molecule has 0 atom stereocenters. The highest BCUT2D eigenvalue weighted by Crippen LogP contribution is 2.18. The van der Waals surface area contributed by atoms with E-state index in [1.165, 1.54) is 0 Å². The summed E-state index contributed by atoms with van der Waals surface area (Å²) in [7, 11) is 0. The molecule has 0 aliphatic rings. The number of hydrogen-bond acceptors (Lipinski definition) is 6. The number of aliphatic hydroxyl groups is 1. The maximum Gasteiger partial charge on any atom is 0.223 e. The molecule has 0 unspecified atom stereocenters. The van der Waals surface area contributed by atoms with Crippen LogP contribution in [-0.4, -0.2) is 36.7 Å². The lowest BCUT2D eigenvalue weighted by atomic mass is 10.3. The number of nitrogens with zero attached hydrogens (tertiary/aromatic N) is 5. The Bertz CT molecular complexity index is 498. The summed E-state index contributed by atoms with van der Waals surface area (Å²) in [5.74, 6) is 0.100. The van der Waals surface area contributed by atoms with E-state index in [4.69, 9.17) is 22.4 Å². The lowest BCUT2D eigenvalue weighted by Gasteiger charge is -2.00. The number of hydrogen-bond donors (Lipinski definition) is 2. The molecule has 0 fully saturated rings. The molecule has 0 aliphatic carbocycles. The van der Waals surface area contributed by atoms with Crippen LogP contribution in [0.25, 0.3) is 11.2 Å². The molecule has 8 heteroatoms. The average molecular weight is 243 g/mol. The number of rotatable bonds is 4. The molecule has 0 spiro atoms. The van der Waals surface area contributed by atoms with Gasteiger partial charge in [0.25, 0.3) is 0 Å². The molecule has 0 aromatic carbocycles. The SMILES string of the molecule is Nc1nc(Cl)c2nnn(CCCCO)c2n1. The maximum atomic E-state index is 8.68. The van der Waals surface area contributed by atoms with Gasteiger partial charge < -0.3 is 10.8 Å². The van der Waals surface area contributed by atoms with Gasteiger partial charge in [-0.25, -0.2) is 4.68 Å². The first-order chi connectivity index (χ1) is 7.72. The van der Waals surface area contributed by atoms with Crippen LogP contribution < -0.4 is 5.73 Å². The van der Waals surface area contributed by atoms with Crippen LogP contribution in [0.2, 0.25) is 5.15 Å². The van der Waals surface area contributed by atoms with E-state index in [1.54, 1.807) is 4.68 Å². The molecule has 2 rings (SSSR count). The van der Waals surface area contributed by atoms with Crippen molar-refractivity contribution >= 4 is 28.7 Å². The van der Waals surface area contributed by atoms with Gasteiger partial charge in [-0.1, -0.05) is 16.8 Å². The summed E-state index contributed by atoms with van der Waals surface area (Å²) < 4.78 is 1.61. The first-order valence-corrected chi connectivity index (χ1v) is 5.23. The van der Waals surface area contributed by atoms with Gasteiger partial charge in [-0.05, 0) is 12.8 Å². The number of aromatic nitrogens is 5. The van der Waals surface area contributed by atoms with Crippen LogP contribution in [0.5, 0.6) is 0 Å². The van der Waals surface area contributed by atoms with Gasteiger partial charge in [0, 0.05) is 13.2 Å². The molecule has 0 radical (unpaired) electrons. The molecule has 0 amide bonds. The number of anilines is 1. The Kier molecular flexibility index (Phi) is 3.16. The third-order valence-corrected chi connectivity index (χ3v) is 2.38. The molecular weight excluding hydrogens is 232 g/mol. The Morgan fingerprint density at radius 3 is 2.88 bits per heavy atom. The molecule has 2 aromatic rings. The van der Waals surface area contributed by atoms with Crippen molar-refractivity contribution in [3.8, 4) is 0 Å². The maximum absolute atomic E-state index is 8.68. The Balaban J connectivity index is 2.32. The van der Waals surface area contributed by atoms with Crippen molar-refractivity contribution in [2.45, 2.75) is 19.4 Å². The number of nitrogen functional groups attached to an aromatic ring is 1. The molecule has 3 N–H and O–H groups in total. The highest BCUT2D eigenvalue weighted by Gasteiger charge is 2.11. The minimum absolute atomic E-state index is 0.100. The van der Waals surface area contributed by atoms with Crippen LogP contribution in [0.3, 0.4) is 0 Å². The summed E-state index contributed by atoms with van der Waals surface area (Å²) in [6, 6.07) is 0. The van der Waals surface area contributed by atoms with Crippen LogP contribution in [-0.2, 0) is 6.54 Å². The number of halogens is 1. The average Bonchev–Trinajstić information content (AvgIpc) is 2.62. The number of aryl methyl sites for hydroxylation is 1. The smallest absolute Gasteiger partial charge is 0.223 e. The predicted molar refractivity (Wildman–Crippen MR) is 58.9 cm³/mol. The highest BCUT2D eigenvalue weighted by atomic mass is 35.5. The molecule has 0 aliphatic heterocycles. The second-order valence-corrected chi connectivity index (χ2v) is 3.65. The van der Waals surface area contributed by atoms with Gasteiger partial charge >= 0.3 is 0 Å². The largest absolute Gasteiger partial charge is 0.396 e. The summed E-state index contributed by atoms with van der Waals surface area (Å²) in [6.45, 7) is 0.772. The standard InChI is InChI=1S/C8H11ClN6O/c9-6-5-7(12-8(10)11-6)15(14-13-5)3-1-2-4-16/h16H,1-4H2,(H2,10,11,12). The molecule has 86 valence electrons. The van der Waals surface area contributed by atoms with Gasteiger partial charge in [0.05, 0.1) is 0 Å². The van der Waals surface area contributed by atoms with Gasteiger partial charge in [-0.2, -0.15) is 9.97 Å². The van der Waals surface area contributed by atoms with E-state index >= 15 is 0 Å². The molecule has 2 heterocycles. The number of fused-ring (bicyclic) bond motifs is 1. The van der Waals surface area contributed by atoms with Crippen molar-refractivity contribution in [2.75, 3.05) is 12.3 Å². The van der Waals surface area contributed by atoms with E-state index in [9.17, 15) is 0 Å². The number of nitrogens with two attached hydrogens (primary N) is 1. The summed E-state index contributed by atoms with van der Waals surface area (Å²) in [5, 5.41) is 16.7. The molecular formula is C8H11ClN6O. The third kappa shape index (κ3) is 2.05. The van der Waals surface area contributed by atoms with Crippen molar-refractivity contribution in [3.05, 3.63) is 5.15 Å². The minimum atomic E-state index is 0.100. The van der Waals surface area contributed by atoms with Gasteiger partial charge in [-0.3, -0.25) is 0 Å². The second-order valence-electron chi connectivity index (χ2n) is 3.29. The monoisotopic (exact) mass is 242 g/mol. The fourth-order valence-electron chi connectivity index (χ4n) is 1.36. The number of unbranched alkanes of at least 4 members (excludes halogenated alkanes) is 1. The Hall–Kier alpha value is -1.47. The third-order valence-electron chi connectivity index (χ3n) is 2.12. The fourth-order valence-corrected chi connectivity index (χ4v) is 1.57. The van der Waals surface area contributed by atoms with Crippen molar-refractivity contribution < 1.29 is 5.11 Å². The Morgan fingerprint density at radius 2 is 2.12 bits per heavy atom. The first kappa shape index (κ1) is 11.0. The van der Waals surface area contributed by atoms with Gasteiger partial charge in [0.15, 0.2) is 16.3 Å².